The molecule has 0 bridgehead atoms. The zero-order chi connectivity index (χ0) is 11.8. The smallest absolute Gasteiger partial charge is 0.0904 e. The second-order valence-electron chi connectivity index (χ2n) is 4.04. The Labute approximate surface area is 99.4 Å². The van der Waals surface area contributed by atoms with Crippen LogP contribution in [0.5, 0.6) is 0 Å². The van der Waals surface area contributed by atoms with Gasteiger partial charge >= 0.3 is 0 Å². The van der Waals surface area contributed by atoms with Crippen LogP contribution in [0.4, 0.5) is 0 Å². The highest BCUT2D eigenvalue weighted by Crippen LogP contribution is 2.20. The molecule has 1 aromatic carbocycles. The van der Waals surface area contributed by atoms with E-state index in [4.69, 9.17) is 0 Å². The van der Waals surface area contributed by atoms with Crippen LogP contribution >= 0.6 is 0 Å². The molecule has 3 heteroatoms. The number of hydrogen-bond acceptors (Lipinski definition) is 2. The first kappa shape index (κ1) is 10.0. The third-order valence-corrected chi connectivity index (χ3v) is 3.05. The van der Waals surface area contributed by atoms with Crippen molar-refractivity contribution in [2.24, 2.45) is 0 Å². The summed E-state index contributed by atoms with van der Waals surface area (Å²) in [6.07, 6.45) is 2.75. The lowest BCUT2D eigenvalue weighted by atomic mass is 10.1. The molecule has 3 aromatic rings. The number of rotatable bonds is 2. The molecule has 0 N–H and O–H groups in total. The number of aromatic nitrogens is 3. The molecule has 17 heavy (non-hydrogen) atoms. The molecule has 2 heterocycles. The molecule has 0 aliphatic heterocycles. The summed E-state index contributed by atoms with van der Waals surface area (Å²) >= 11 is 0. The van der Waals surface area contributed by atoms with E-state index in [1.165, 1.54) is 0 Å². The zero-order valence-electron chi connectivity index (χ0n) is 9.72. The monoisotopic (exact) mass is 223 g/mol. The lowest BCUT2D eigenvalue weighted by Gasteiger charge is -2.02. The molecule has 0 amide bonds. The van der Waals surface area contributed by atoms with Gasteiger partial charge in [-0.1, -0.05) is 36.9 Å². The van der Waals surface area contributed by atoms with Crippen LogP contribution in [-0.4, -0.2) is 14.8 Å². The number of hydrogen-bond donors (Lipinski definition) is 0. The van der Waals surface area contributed by atoms with Crippen LogP contribution < -0.4 is 0 Å². The fourth-order valence-corrected chi connectivity index (χ4v) is 2.11. The quantitative estimate of drug-likeness (QED) is 0.668. The Balaban J connectivity index is 2.40. The van der Waals surface area contributed by atoms with Gasteiger partial charge in [-0.3, -0.25) is 0 Å². The van der Waals surface area contributed by atoms with E-state index < -0.39 is 0 Å². The van der Waals surface area contributed by atoms with E-state index >= 15 is 0 Å². The summed E-state index contributed by atoms with van der Waals surface area (Å²) in [4.78, 5) is 0. The van der Waals surface area contributed by atoms with Crippen molar-refractivity contribution in [3.63, 3.8) is 0 Å². The third-order valence-electron chi connectivity index (χ3n) is 3.05. The van der Waals surface area contributed by atoms with Gasteiger partial charge in [-0.15, -0.1) is 5.10 Å². The minimum Gasteiger partial charge on any atom is -0.213 e. The summed E-state index contributed by atoms with van der Waals surface area (Å²) in [6.45, 7) is 5.87. The van der Waals surface area contributed by atoms with Gasteiger partial charge in [0.15, 0.2) is 0 Å². The first-order chi connectivity index (χ1) is 8.33. The Morgan fingerprint density at radius 3 is 2.82 bits per heavy atom. The highest BCUT2D eigenvalue weighted by Gasteiger charge is 2.06. The molecule has 0 radical (unpaired) electrons. The summed E-state index contributed by atoms with van der Waals surface area (Å²) in [5, 5.41) is 9.57. The first-order valence-corrected chi connectivity index (χ1v) is 5.73. The number of nitrogens with zero attached hydrogens (tertiary/aromatic N) is 3. The Morgan fingerprint density at radius 2 is 2.06 bits per heavy atom. The van der Waals surface area contributed by atoms with E-state index in [1.807, 2.05) is 16.7 Å². The lowest BCUT2D eigenvalue weighted by Crippen LogP contribution is -1.90. The molecule has 0 fully saturated rings. The minimum atomic E-state index is 0.903. The fraction of sp³-hybridized carbons (Fsp3) is 0.143. The fourth-order valence-electron chi connectivity index (χ4n) is 2.11. The van der Waals surface area contributed by atoms with E-state index in [1.54, 1.807) is 0 Å². The zero-order valence-corrected chi connectivity index (χ0v) is 9.72. The highest BCUT2D eigenvalue weighted by atomic mass is 15.4. The predicted molar refractivity (Wildman–Crippen MR) is 70.0 cm³/mol. The van der Waals surface area contributed by atoms with Crippen LogP contribution in [0.15, 0.2) is 36.9 Å². The van der Waals surface area contributed by atoms with Gasteiger partial charge in [0.1, 0.15) is 0 Å². The van der Waals surface area contributed by atoms with Crippen molar-refractivity contribution >= 4 is 22.5 Å². The Morgan fingerprint density at radius 1 is 1.24 bits per heavy atom. The van der Waals surface area contributed by atoms with E-state index in [-0.39, 0.29) is 0 Å². The maximum atomic E-state index is 4.21. The largest absolute Gasteiger partial charge is 0.213 e. The average Bonchev–Trinajstić information content (AvgIpc) is 2.81. The van der Waals surface area contributed by atoms with Crippen LogP contribution in [0.3, 0.4) is 0 Å². The van der Waals surface area contributed by atoms with E-state index in [2.05, 4.69) is 48.1 Å². The van der Waals surface area contributed by atoms with Crippen LogP contribution in [0, 0.1) is 0 Å². The van der Waals surface area contributed by atoms with Gasteiger partial charge in [0, 0.05) is 5.39 Å². The van der Waals surface area contributed by atoms with Crippen LogP contribution in [0.25, 0.3) is 22.5 Å². The standard InChI is InChI=1S/C14H13N3/c1-3-10-5-7-13-11(9-10)6-8-14-12(4-2)15-16-17(13)14/h3,5-9H,1,4H2,2H3. The maximum absolute atomic E-state index is 4.21. The Bertz CT molecular complexity index is 710. The summed E-state index contributed by atoms with van der Waals surface area (Å²) in [7, 11) is 0. The molecule has 0 saturated carbocycles. The molecular formula is C14H13N3. The van der Waals surface area contributed by atoms with Crippen molar-refractivity contribution in [3.8, 4) is 0 Å². The summed E-state index contributed by atoms with van der Waals surface area (Å²) in [5.41, 5.74) is 4.33. The van der Waals surface area contributed by atoms with Crippen molar-refractivity contribution in [1.29, 1.82) is 0 Å². The number of benzene rings is 1. The second-order valence-corrected chi connectivity index (χ2v) is 4.04. The third kappa shape index (κ3) is 1.43. The molecule has 0 aliphatic rings. The Kier molecular flexibility index (Phi) is 2.18. The number of pyridine rings is 1. The topological polar surface area (TPSA) is 30.2 Å². The number of fused-ring (bicyclic) bond motifs is 3. The van der Waals surface area contributed by atoms with Gasteiger partial charge < -0.3 is 0 Å². The molecule has 0 unspecified atom stereocenters. The van der Waals surface area contributed by atoms with Crippen molar-refractivity contribution in [2.75, 3.05) is 0 Å². The molecule has 2 aromatic heterocycles. The molecule has 3 nitrogen and oxygen atoms in total. The SMILES string of the molecule is C=Cc1ccc2c(ccc3c(CC)nnn32)c1. The molecule has 0 spiro atoms. The van der Waals surface area contributed by atoms with Crippen molar-refractivity contribution in [1.82, 2.24) is 14.8 Å². The lowest BCUT2D eigenvalue weighted by molar-refractivity contribution is 0.862. The van der Waals surface area contributed by atoms with Crippen LogP contribution in [-0.2, 0) is 6.42 Å². The van der Waals surface area contributed by atoms with Crippen molar-refractivity contribution < 1.29 is 0 Å². The normalized spacial score (nSPS) is 11.1. The summed E-state index contributed by atoms with van der Waals surface area (Å²) in [5.74, 6) is 0. The summed E-state index contributed by atoms with van der Waals surface area (Å²) < 4.78 is 1.90. The second kappa shape index (κ2) is 3.70. The van der Waals surface area contributed by atoms with Gasteiger partial charge in [0.05, 0.1) is 16.7 Å². The average molecular weight is 223 g/mol. The van der Waals surface area contributed by atoms with Gasteiger partial charge in [0.25, 0.3) is 0 Å². The molecule has 0 saturated heterocycles. The predicted octanol–water partition coefficient (Wildman–Crippen LogP) is 3.09. The summed E-state index contributed by atoms with van der Waals surface area (Å²) in [6, 6.07) is 10.4. The Hall–Kier alpha value is -2.16. The van der Waals surface area contributed by atoms with Crippen molar-refractivity contribution in [3.05, 3.63) is 48.2 Å². The molecule has 84 valence electrons. The minimum absolute atomic E-state index is 0.903. The molecular weight excluding hydrogens is 210 g/mol. The molecule has 3 rings (SSSR count). The number of aryl methyl sites for hydroxylation is 1. The van der Waals surface area contributed by atoms with E-state index in [0.29, 0.717) is 0 Å². The van der Waals surface area contributed by atoms with Gasteiger partial charge in [-0.2, -0.15) is 0 Å². The maximum Gasteiger partial charge on any atom is 0.0904 e. The van der Waals surface area contributed by atoms with Crippen LogP contribution in [0.1, 0.15) is 18.2 Å². The highest BCUT2D eigenvalue weighted by molar-refractivity contribution is 5.84. The van der Waals surface area contributed by atoms with Crippen molar-refractivity contribution in [2.45, 2.75) is 13.3 Å². The molecule has 0 atom stereocenters. The van der Waals surface area contributed by atoms with E-state index in [9.17, 15) is 0 Å². The molecule has 0 aliphatic carbocycles. The van der Waals surface area contributed by atoms with Gasteiger partial charge in [-0.25, -0.2) is 4.52 Å². The van der Waals surface area contributed by atoms with Gasteiger partial charge in [0.2, 0.25) is 0 Å². The van der Waals surface area contributed by atoms with Gasteiger partial charge in [-0.05, 0) is 30.2 Å². The van der Waals surface area contributed by atoms with Crippen LogP contribution in [0.2, 0.25) is 0 Å². The van der Waals surface area contributed by atoms with E-state index in [0.717, 1.165) is 34.1 Å². The first-order valence-electron chi connectivity index (χ1n) is 5.73.